The molecule has 212 valence electrons. The average Bonchev–Trinajstić information content (AvgIpc) is 3.43. The van der Waals surface area contributed by atoms with Gasteiger partial charge in [-0.1, -0.05) is 12.1 Å². The zero-order chi connectivity index (χ0) is 28.7. The van der Waals surface area contributed by atoms with Crippen LogP contribution >= 0.6 is 0 Å². The fourth-order valence-electron chi connectivity index (χ4n) is 3.97. The van der Waals surface area contributed by atoms with Crippen LogP contribution in [0, 0.1) is 5.82 Å². The highest BCUT2D eigenvalue weighted by molar-refractivity contribution is 5.73. The molecule has 0 amide bonds. The Hall–Kier alpha value is -3.20. The maximum Gasteiger partial charge on any atom is 0.490 e. The van der Waals surface area contributed by atoms with Gasteiger partial charge in [-0.3, -0.25) is 14.5 Å². The summed E-state index contributed by atoms with van der Waals surface area (Å²) in [5.41, 5.74) is 5.24. The Kier molecular flexibility index (Phi) is 10.6. The molecule has 8 nitrogen and oxygen atoms in total. The monoisotopic (exact) mass is 556 g/mol. The van der Waals surface area contributed by atoms with Crippen LogP contribution in [0.15, 0.2) is 24.3 Å². The molecule has 0 atom stereocenters. The van der Waals surface area contributed by atoms with E-state index in [1.165, 1.54) is 48.4 Å². The second-order valence-electron chi connectivity index (χ2n) is 8.67. The van der Waals surface area contributed by atoms with E-state index in [9.17, 15) is 30.7 Å². The number of hydrogen-bond acceptors (Lipinski definition) is 5. The summed E-state index contributed by atoms with van der Waals surface area (Å²) in [5.74, 6) is -5.68. The van der Waals surface area contributed by atoms with E-state index in [2.05, 4.69) is 21.5 Å². The summed E-state index contributed by atoms with van der Waals surface area (Å²) in [4.78, 5) is 22.7. The van der Waals surface area contributed by atoms with Crippen molar-refractivity contribution in [3.05, 3.63) is 52.6 Å². The number of carbonyl (C=O) groups is 2. The molecule has 0 aliphatic carbocycles. The second kappa shape index (κ2) is 13.0. The number of aliphatic carboxylic acids is 2. The Labute approximate surface area is 213 Å². The molecule has 0 spiro atoms. The van der Waals surface area contributed by atoms with E-state index < -0.39 is 24.3 Å². The normalized spacial score (nSPS) is 16.1. The van der Waals surface area contributed by atoms with Crippen molar-refractivity contribution in [2.24, 2.45) is 7.05 Å². The number of rotatable bonds is 4. The van der Waals surface area contributed by atoms with Gasteiger partial charge in [-0.15, -0.1) is 0 Å². The molecule has 15 heteroatoms. The van der Waals surface area contributed by atoms with Gasteiger partial charge in [0.25, 0.3) is 0 Å². The van der Waals surface area contributed by atoms with E-state index >= 15 is 0 Å². The molecule has 4 rings (SSSR count). The third-order valence-corrected chi connectivity index (χ3v) is 5.79. The van der Waals surface area contributed by atoms with Gasteiger partial charge < -0.3 is 10.2 Å². The van der Waals surface area contributed by atoms with Gasteiger partial charge in [0.15, 0.2) is 0 Å². The SMILES string of the molecule is Cn1nc(CN2CCCC2)c2c1CN(Cc1ccc(F)cc1)CC2.O=C(O)C(F)(F)F.O=C(O)C(F)(F)F. The zero-order valence-electron chi connectivity index (χ0n) is 20.3. The van der Waals surface area contributed by atoms with Crippen LogP contribution in [0.2, 0.25) is 0 Å². The predicted octanol–water partition coefficient (Wildman–Crippen LogP) is 3.98. The third-order valence-electron chi connectivity index (χ3n) is 5.79. The molecule has 3 heterocycles. The van der Waals surface area contributed by atoms with Crippen molar-refractivity contribution in [3.63, 3.8) is 0 Å². The van der Waals surface area contributed by atoms with Crippen molar-refractivity contribution in [3.8, 4) is 0 Å². The highest BCUT2D eigenvalue weighted by Crippen LogP contribution is 2.25. The second-order valence-corrected chi connectivity index (χ2v) is 8.67. The summed E-state index contributed by atoms with van der Waals surface area (Å²) < 4.78 is 78.6. The van der Waals surface area contributed by atoms with Gasteiger partial charge in [-0.2, -0.15) is 31.4 Å². The number of hydrogen-bond donors (Lipinski definition) is 2. The molecule has 1 aromatic heterocycles. The van der Waals surface area contributed by atoms with Crippen LogP contribution in [0.5, 0.6) is 0 Å². The van der Waals surface area contributed by atoms with E-state index in [1.54, 1.807) is 12.1 Å². The molecule has 2 aliphatic heterocycles. The number of alkyl halides is 6. The summed E-state index contributed by atoms with van der Waals surface area (Å²) in [6.07, 6.45) is -6.46. The van der Waals surface area contributed by atoms with Gasteiger partial charge in [-0.05, 0) is 50.0 Å². The van der Waals surface area contributed by atoms with Gasteiger partial charge in [0.2, 0.25) is 0 Å². The maximum absolute atomic E-state index is 13.1. The number of likely N-dealkylation sites (tertiary alicyclic amines) is 1. The first-order chi connectivity index (χ1) is 17.6. The van der Waals surface area contributed by atoms with Crippen molar-refractivity contribution in [2.45, 2.75) is 51.2 Å². The van der Waals surface area contributed by atoms with Crippen LogP contribution < -0.4 is 0 Å². The summed E-state index contributed by atoms with van der Waals surface area (Å²) in [6, 6.07) is 6.85. The number of nitrogens with zero attached hydrogens (tertiary/aromatic N) is 4. The smallest absolute Gasteiger partial charge is 0.475 e. The first-order valence-electron chi connectivity index (χ1n) is 11.4. The molecule has 1 saturated heterocycles. The van der Waals surface area contributed by atoms with Crippen molar-refractivity contribution < 1.29 is 50.5 Å². The lowest BCUT2D eigenvalue weighted by atomic mass is 10.0. The number of carboxylic acid groups (broad SMARTS) is 2. The highest BCUT2D eigenvalue weighted by Gasteiger charge is 2.38. The van der Waals surface area contributed by atoms with Crippen molar-refractivity contribution in [1.29, 1.82) is 0 Å². The van der Waals surface area contributed by atoms with Crippen LogP contribution in [0.1, 0.15) is 35.4 Å². The van der Waals surface area contributed by atoms with Crippen molar-refractivity contribution in [1.82, 2.24) is 19.6 Å². The number of aryl methyl sites for hydroxylation is 1. The van der Waals surface area contributed by atoms with Gasteiger partial charge >= 0.3 is 24.3 Å². The van der Waals surface area contributed by atoms with Gasteiger partial charge in [-0.25, -0.2) is 14.0 Å². The number of benzene rings is 1. The van der Waals surface area contributed by atoms with E-state index in [4.69, 9.17) is 24.9 Å². The molecular formula is C23H27F7N4O4. The molecule has 0 unspecified atom stereocenters. The molecule has 2 aliphatic rings. The minimum absolute atomic E-state index is 0.169. The summed E-state index contributed by atoms with van der Waals surface area (Å²) >= 11 is 0. The highest BCUT2D eigenvalue weighted by atomic mass is 19.4. The topological polar surface area (TPSA) is 98.9 Å². The van der Waals surface area contributed by atoms with Crippen molar-refractivity contribution >= 4 is 11.9 Å². The maximum atomic E-state index is 13.1. The average molecular weight is 556 g/mol. The Morgan fingerprint density at radius 2 is 1.37 bits per heavy atom. The molecular weight excluding hydrogens is 529 g/mol. The fourth-order valence-corrected chi connectivity index (χ4v) is 3.97. The number of fused-ring (bicyclic) bond motifs is 1. The predicted molar refractivity (Wildman–Crippen MR) is 119 cm³/mol. The minimum atomic E-state index is -5.08. The first kappa shape index (κ1) is 31.0. The largest absolute Gasteiger partial charge is 0.490 e. The van der Waals surface area contributed by atoms with Crippen molar-refractivity contribution in [2.75, 3.05) is 19.6 Å². The van der Waals surface area contributed by atoms with Crippen LogP contribution in [-0.2, 0) is 42.7 Å². The summed E-state index contributed by atoms with van der Waals surface area (Å²) in [6.45, 7) is 6.26. The summed E-state index contributed by atoms with van der Waals surface area (Å²) in [5, 5.41) is 19.1. The Balaban J connectivity index is 0.000000301. The van der Waals surface area contributed by atoms with E-state index in [0.717, 1.165) is 32.6 Å². The molecule has 0 bridgehead atoms. The Bertz CT molecular complexity index is 1060. The number of halogens is 7. The lowest BCUT2D eigenvalue weighted by molar-refractivity contribution is -0.193. The van der Waals surface area contributed by atoms with Crippen LogP contribution in [0.25, 0.3) is 0 Å². The molecule has 0 saturated carbocycles. The van der Waals surface area contributed by atoms with Gasteiger partial charge in [0.05, 0.1) is 11.4 Å². The zero-order valence-corrected chi connectivity index (χ0v) is 20.3. The summed E-state index contributed by atoms with van der Waals surface area (Å²) in [7, 11) is 2.06. The Morgan fingerprint density at radius 1 is 0.868 bits per heavy atom. The van der Waals surface area contributed by atoms with Gasteiger partial charge in [0, 0.05) is 38.8 Å². The van der Waals surface area contributed by atoms with Crippen LogP contribution in [0.4, 0.5) is 30.7 Å². The molecule has 0 radical (unpaired) electrons. The number of carboxylic acids is 2. The van der Waals surface area contributed by atoms with E-state index in [0.29, 0.717) is 0 Å². The molecule has 1 fully saturated rings. The molecule has 2 aromatic rings. The molecule has 2 N–H and O–H groups in total. The fraction of sp³-hybridized carbons (Fsp3) is 0.522. The van der Waals surface area contributed by atoms with Gasteiger partial charge in [0.1, 0.15) is 5.82 Å². The molecule has 38 heavy (non-hydrogen) atoms. The first-order valence-corrected chi connectivity index (χ1v) is 11.4. The standard InChI is InChI=1S/C19H25FN4.2C2HF3O2/c1-22-19-14-24(12-15-4-6-16(20)7-5-15)11-8-17(19)18(21-22)13-23-9-2-3-10-23;2*3-2(4,5)1(6)7/h4-7H,2-3,8-14H2,1H3;2*(H,6,7). The van der Waals surface area contributed by atoms with Crippen LogP contribution in [0.3, 0.4) is 0 Å². The quantitative estimate of drug-likeness (QED) is 0.550. The minimum Gasteiger partial charge on any atom is -0.475 e. The Morgan fingerprint density at radius 3 is 1.84 bits per heavy atom. The lowest BCUT2D eigenvalue weighted by Crippen LogP contribution is -2.31. The lowest BCUT2D eigenvalue weighted by Gasteiger charge is -2.27. The number of aromatic nitrogens is 2. The van der Waals surface area contributed by atoms with E-state index in [-0.39, 0.29) is 5.82 Å². The third kappa shape index (κ3) is 9.59. The van der Waals surface area contributed by atoms with Crippen LogP contribution in [-0.4, -0.2) is 73.7 Å². The molecule has 1 aromatic carbocycles. The van der Waals surface area contributed by atoms with E-state index in [1.807, 2.05) is 12.1 Å².